The maximum atomic E-state index is 13.2. The second-order valence-corrected chi connectivity index (χ2v) is 8.39. The maximum Gasteiger partial charge on any atom is 0.257 e. The molecule has 1 atom stereocenters. The first kappa shape index (κ1) is 23.1. The molecule has 1 aliphatic heterocycles. The van der Waals surface area contributed by atoms with Crippen LogP contribution in [0.3, 0.4) is 0 Å². The summed E-state index contributed by atoms with van der Waals surface area (Å²) >= 11 is 6.30. The van der Waals surface area contributed by atoms with Crippen LogP contribution in [0.25, 0.3) is 0 Å². The number of halogens is 1. The van der Waals surface area contributed by atoms with Gasteiger partial charge in [-0.25, -0.2) is 0 Å². The molecule has 1 N–H and O–H groups in total. The Hall–Kier alpha value is -2.57. The molecule has 3 rings (SSSR count). The van der Waals surface area contributed by atoms with Crippen LogP contribution in [0, 0.1) is 0 Å². The summed E-state index contributed by atoms with van der Waals surface area (Å²) in [7, 11) is 3.33. The lowest BCUT2D eigenvalue weighted by Gasteiger charge is -2.39. The van der Waals surface area contributed by atoms with Gasteiger partial charge in [0.05, 0.1) is 23.4 Å². The number of carbonyl (C=O) groups is 2. The Morgan fingerprint density at radius 3 is 2.42 bits per heavy atom. The van der Waals surface area contributed by atoms with Gasteiger partial charge in [-0.3, -0.25) is 14.5 Å². The standard InChI is InChI=1S/C24H30ClN3O3/c1-16(18-8-6-5-7-9-18)28-12-10-19(11-13-28)27(3)24(30)20-14-21(25)22(26-17(2)29)15-23(20)31-4/h5-9,14-16,19H,10-13H2,1-4H3,(H,26,29). The number of benzene rings is 2. The number of hydrogen-bond acceptors (Lipinski definition) is 4. The van der Waals surface area contributed by atoms with Crippen LogP contribution < -0.4 is 10.1 Å². The molecule has 2 aromatic rings. The summed E-state index contributed by atoms with van der Waals surface area (Å²) in [6.45, 7) is 5.49. The number of methoxy groups -OCH3 is 1. The highest BCUT2D eigenvalue weighted by atomic mass is 35.5. The molecule has 0 saturated carbocycles. The molecule has 2 aromatic carbocycles. The fourth-order valence-corrected chi connectivity index (χ4v) is 4.34. The Labute approximate surface area is 189 Å². The average Bonchev–Trinajstić information content (AvgIpc) is 2.79. The van der Waals surface area contributed by atoms with Gasteiger partial charge in [-0.2, -0.15) is 0 Å². The highest BCUT2D eigenvalue weighted by Gasteiger charge is 2.29. The van der Waals surface area contributed by atoms with Crippen molar-refractivity contribution in [3.63, 3.8) is 0 Å². The molecule has 0 aromatic heterocycles. The van der Waals surface area contributed by atoms with E-state index in [0.29, 0.717) is 28.1 Å². The summed E-state index contributed by atoms with van der Waals surface area (Å²) in [6, 6.07) is 14.1. The van der Waals surface area contributed by atoms with Gasteiger partial charge in [0.25, 0.3) is 5.91 Å². The number of rotatable bonds is 6. The van der Waals surface area contributed by atoms with Crippen LogP contribution >= 0.6 is 11.6 Å². The SMILES string of the molecule is COc1cc(NC(C)=O)c(Cl)cc1C(=O)N(C)C1CCN(C(C)c2ccccc2)CC1. The van der Waals surface area contributed by atoms with Gasteiger partial charge in [-0.15, -0.1) is 0 Å². The smallest absolute Gasteiger partial charge is 0.257 e. The van der Waals surface area contributed by atoms with Crippen molar-refractivity contribution in [3.05, 3.63) is 58.6 Å². The number of carbonyl (C=O) groups excluding carboxylic acids is 2. The van der Waals surface area contributed by atoms with E-state index in [1.807, 2.05) is 13.1 Å². The van der Waals surface area contributed by atoms with Crippen molar-refractivity contribution in [1.29, 1.82) is 0 Å². The van der Waals surface area contributed by atoms with Gasteiger partial charge >= 0.3 is 0 Å². The van der Waals surface area contributed by atoms with E-state index in [1.54, 1.807) is 17.0 Å². The maximum absolute atomic E-state index is 13.2. The van der Waals surface area contributed by atoms with Crippen LogP contribution in [0.2, 0.25) is 5.02 Å². The third-order valence-corrected chi connectivity index (χ3v) is 6.34. The van der Waals surface area contributed by atoms with Crippen molar-refractivity contribution >= 4 is 29.1 Å². The minimum absolute atomic E-state index is 0.136. The minimum atomic E-state index is -0.239. The first-order valence-corrected chi connectivity index (χ1v) is 10.9. The number of hydrogen-bond donors (Lipinski definition) is 1. The Kier molecular flexibility index (Phi) is 7.57. The van der Waals surface area contributed by atoms with Crippen LogP contribution in [0.4, 0.5) is 5.69 Å². The average molecular weight is 444 g/mol. The zero-order valence-electron chi connectivity index (χ0n) is 18.5. The monoisotopic (exact) mass is 443 g/mol. The zero-order chi connectivity index (χ0) is 22.5. The van der Waals surface area contributed by atoms with Crippen molar-refractivity contribution in [2.45, 2.75) is 38.8 Å². The molecule has 1 fully saturated rings. The van der Waals surface area contributed by atoms with Gasteiger partial charge in [0.1, 0.15) is 5.75 Å². The first-order valence-electron chi connectivity index (χ1n) is 10.5. The molecule has 1 unspecified atom stereocenters. The predicted octanol–water partition coefficient (Wildman–Crippen LogP) is 4.60. The molecule has 0 radical (unpaired) electrons. The second kappa shape index (κ2) is 10.2. The lowest BCUT2D eigenvalue weighted by molar-refractivity contribution is -0.114. The van der Waals surface area contributed by atoms with Crippen molar-refractivity contribution in [2.75, 3.05) is 32.6 Å². The molecule has 6 nitrogen and oxygen atoms in total. The summed E-state index contributed by atoms with van der Waals surface area (Å²) in [5.74, 6) is 0.0134. The largest absolute Gasteiger partial charge is 0.496 e. The second-order valence-electron chi connectivity index (χ2n) is 7.98. The van der Waals surface area contributed by atoms with E-state index in [9.17, 15) is 9.59 Å². The number of anilines is 1. The fraction of sp³-hybridized carbons (Fsp3) is 0.417. The zero-order valence-corrected chi connectivity index (χ0v) is 19.3. The fourth-order valence-electron chi connectivity index (χ4n) is 4.13. The van der Waals surface area contributed by atoms with Crippen LogP contribution in [0.5, 0.6) is 5.75 Å². The highest BCUT2D eigenvalue weighted by molar-refractivity contribution is 6.34. The lowest BCUT2D eigenvalue weighted by Crippen LogP contribution is -2.46. The van der Waals surface area contributed by atoms with E-state index in [-0.39, 0.29) is 17.9 Å². The molecule has 166 valence electrons. The summed E-state index contributed by atoms with van der Waals surface area (Å²) in [5, 5.41) is 2.96. The molecular formula is C24H30ClN3O3. The Morgan fingerprint density at radius 1 is 1.19 bits per heavy atom. The van der Waals surface area contributed by atoms with E-state index in [4.69, 9.17) is 16.3 Å². The Morgan fingerprint density at radius 2 is 1.84 bits per heavy atom. The molecule has 0 aliphatic carbocycles. The van der Waals surface area contributed by atoms with Crippen molar-refractivity contribution in [3.8, 4) is 5.75 Å². The lowest BCUT2D eigenvalue weighted by atomic mass is 9.98. The van der Waals surface area contributed by atoms with Gasteiger partial charge in [-0.1, -0.05) is 41.9 Å². The summed E-state index contributed by atoms with van der Waals surface area (Å²) < 4.78 is 5.41. The number of nitrogens with zero attached hydrogens (tertiary/aromatic N) is 2. The number of amides is 2. The van der Waals surface area contributed by atoms with Gasteiger partial charge in [0.2, 0.25) is 5.91 Å². The van der Waals surface area contributed by atoms with Gasteiger partial charge < -0.3 is 15.0 Å². The van der Waals surface area contributed by atoms with Crippen LogP contribution in [-0.4, -0.2) is 54.9 Å². The summed E-state index contributed by atoms with van der Waals surface area (Å²) in [5.41, 5.74) is 2.13. The molecule has 7 heteroatoms. The topological polar surface area (TPSA) is 61.9 Å². The van der Waals surface area contributed by atoms with Gasteiger partial charge in [0, 0.05) is 45.2 Å². The number of likely N-dealkylation sites (tertiary alicyclic amines) is 1. The quantitative estimate of drug-likeness (QED) is 0.708. The number of nitrogens with one attached hydrogen (secondary N) is 1. The molecule has 31 heavy (non-hydrogen) atoms. The van der Waals surface area contributed by atoms with E-state index >= 15 is 0 Å². The van der Waals surface area contributed by atoms with E-state index in [2.05, 4.69) is 41.4 Å². The van der Waals surface area contributed by atoms with Crippen molar-refractivity contribution in [2.24, 2.45) is 0 Å². The van der Waals surface area contributed by atoms with E-state index in [1.165, 1.54) is 19.6 Å². The third-order valence-electron chi connectivity index (χ3n) is 6.03. The van der Waals surface area contributed by atoms with Crippen LogP contribution in [-0.2, 0) is 4.79 Å². The van der Waals surface area contributed by atoms with Crippen LogP contribution in [0.15, 0.2) is 42.5 Å². The van der Waals surface area contributed by atoms with E-state index < -0.39 is 0 Å². The molecule has 0 bridgehead atoms. The molecular weight excluding hydrogens is 414 g/mol. The number of piperidine rings is 1. The molecule has 0 spiro atoms. The summed E-state index contributed by atoms with van der Waals surface area (Å²) in [4.78, 5) is 28.9. The molecule has 1 saturated heterocycles. The predicted molar refractivity (Wildman–Crippen MR) is 124 cm³/mol. The molecule has 2 amide bonds. The third kappa shape index (κ3) is 5.38. The minimum Gasteiger partial charge on any atom is -0.496 e. The molecule has 1 aliphatic rings. The first-order chi connectivity index (χ1) is 14.8. The normalized spacial score (nSPS) is 15.9. The Balaban J connectivity index is 1.68. The highest BCUT2D eigenvalue weighted by Crippen LogP contribution is 2.33. The van der Waals surface area contributed by atoms with Gasteiger partial charge in [-0.05, 0) is 31.4 Å². The Bertz CT molecular complexity index is 927. The van der Waals surface area contributed by atoms with Crippen molar-refractivity contribution in [1.82, 2.24) is 9.80 Å². The van der Waals surface area contributed by atoms with E-state index in [0.717, 1.165) is 25.9 Å². The van der Waals surface area contributed by atoms with Crippen LogP contribution in [0.1, 0.15) is 48.7 Å². The van der Waals surface area contributed by atoms with Gasteiger partial charge in [0.15, 0.2) is 0 Å². The number of ether oxygens (including phenoxy) is 1. The summed E-state index contributed by atoms with van der Waals surface area (Å²) in [6.07, 6.45) is 1.80. The van der Waals surface area contributed by atoms with Crippen molar-refractivity contribution < 1.29 is 14.3 Å². The molecule has 1 heterocycles.